The summed E-state index contributed by atoms with van der Waals surface area (Å²) in [4.78, 5) is 54.2. The van der Waals surface area contributed by atoms with Gasteiger partial charge in [0.1, 0.15) is 0 Å². The van der Waals surface area contributed by atoms with E-state index in [1.165, 1.54) is 13.8 Å². The molecular formula is C24H27ClN5O13P. The maximum atomic E-state index is 13.6. The molecule has 2 fully saturated rings. The third-order valence-corrected chi connectivity index (χ3v) is 7.90. The predicted octanol–water partition coefficient (Wildman–Crippen LogP) is 4.11. The number of aromatic amines is 1. The first-order valence-electron chi connectivity index (χ1n) is 13.1. The standard InChI is InChI=1S/C24H27ClN5O13P/c1-3-36-22(33)40-18-19(41-23(34)37-4-2)24(28-29-26,42-20(18)30-10-8-17(31)27-21(30)32)13-39-44(35)38-11-9-16(43-44)14-6-5-7-15(25)12-14/h5-8,10,12,16,18-20H,3-4,9,11,13H2,1-2H3,(H,27,31,32)/t16-,18+,19-,20+,24+,44?/m0/s1. The number of nitrogens with one attached hydrogen (secondary N) is 1. The van der Waals surface area contributed by atoms with Crippen molar-refractivity contribution in [2.45, 2.75) is 50.5 Å². The molecule has 18 nitrogen and oxygen atoms in total. The minimum Gasteiger partial charge on any atom is -0.435 e. The van der Waals surface area contributed by atoms with Crippen molar-refractivity contribution in [2.24, 2.45) is 5.11 Å². The van der Waals surface area contributed by atoms with E-state index in [9.17, 15) is 29.3 Å². The van der Waals surface area contributed by atoms with Crippen molar-refractivity contribution in [1.82, 2.24) is 9.55 Å². The number of phosphoric acid groups is 1. The summed E-state index contributed by atoms with van der Waals surface area (Å²) in [5.74, 6) is 0. The Balaban J connectivity index is 1.73. The SMILES string of the molecule is CCOC(=O)O[C@H]1[C@H](n2ccc(=O)[nH]c2=O)O[C@@](COP2(=O)OCC[C@@H](c3cccc(Cl)c3)O2)(N=[N+]=[N-])[C@H]1OC(=O)OCC. The molecule has 3 heterocycles. The summed E-state index contributed by atoms with van der Waals surface area (Å²) >= 11 is 6.08. The summed E-state index contributed by atoms with van der Waals surface area (Å²) in [6.07, 6.45) is -7.52. The molecule has 0 saturated carbocycles. The van der Waals surface area contributed by atoms with E-state index in [0.717, 1.165) is 16.8 Å². The highest BCUT2D eigenvalue weighted by molar-refractivity contribution is 7.48. The van der Waals surface area contributed by atoms with Crippen molar-refractivity contribution in [3.63, 3.8) is 0 Å². The van der Waals surface area contributed by atoms with Crippen molar-refractivity contribution >= 4 is 31.7 Å². The zero-order valence-corrected chi connectivity index (χ0v) is 24.9. The van der Waals surface area contributed by atoms with Gasteiger partial charge in [-0.1, -0.05) is 28.8 Å². The maximum Gasteiger partial charge on any atom is 0.508 e. The topological polar surface area (TPSA) is 229 Å². The van der Waals surface area contributed by atoms with Crippen LogP contribution in [0, 0.1) is 0 Å². The number of phosphoric ester groups is 1. The van der Waals surface area contributed by atoms with Crippen LogP contribution in [0.1, 0.15) is 38.2 Å². The molecular weight excluding hydrogens is 633 g/mol. The lowest BCUT2D eigenvalue weighted by atomic mass is 10.1. The molecule has 4 rings (SSSR count). The average Bonchev–Trinajstić information content (AvgIpc) is 3.24. The summed E-state index contributed by atoms with van der Waals surface area (Å²) in [6, 6.07) is 7.57. The van der Waals surface area contributed by atoms with E-state index in [0.29, 0.717) is 10.6 Å². The first-order chi connectivity index (χ1) is 21.0. The molecule has 0 radical (unpaired) electrons. The van der Waals surface area contributed by atoms with Gasteiger partial charge in [0, 0.05) is 28.6 Å². The van der Waals surface area contributed by atoms with E-state index >= 15 is 0 Å². The monoisotopic (exact) mass is 659 g/mol. The zero-order chi connectivity index (χ0) is 31.9. The summed E-state index contributed by atoms with van der Waals surface area (Å²) in [5, 5.41) is 4.02. The van der Waals surface area contributed by atoms with Crippen LogP contribution in [0.25, 0.3) is 10.4 Å². The molecule has 2 aliphatic rings. The molecule has 2 aliphatic heterocycles. The fourth-order valence-electron chi connectivity index (χ4n) is 4.38. The highest BCUT2D eigenvalue weighted by Gasteiger charge is 2.62. The highest BCUT2D eigenvalue weighted by atomic mass is 35.5. The number of halogens is 1. The number of ether oxygens (including phenoxy) is 5. The van der Waals surface area contributed by atoms with Crippen LogP contribution in [0.3, 0.4) is 0 Å². The smallest absolute Gasteiger partial charge is 0.435 e. The third kappa shape index (κ3) is 7.60. The summed E-state index contributed by atoms with van der Waals surface area (Å²) in [6.45, 7) is 1.62. The van der Waals surface area contributed by atoms with Crippen molar-refractivity contribution < 1.29 is 51.4 Å². The lowest BCUT2D eigenvalue weighted by Gasteiger charge is -2.33. The molecule has 1 aromatic carbocycles. The molecule has 6 atom stereocenters. The van der Waals surface area contributed by atoms with Crippen LogP contribution >= 0.6 is 19.4 Å². The quantitative estimate of drug-likeness (QED) is 0.125. The molecule has 20 heteroatoms. The number of carbonyl (C=O) groups is 2. The summed E-state index contributed by atoms with van der Waals surface area (Å²) in [7, 11) is -4.43. The van der Waals surface area contributed by atoms with Crippen molar-refractivity contribution in [3.8, 4) is 0 Å². The second kappa shape index (κ2) is 14.3. The van der Waals surface area contributed by atoms with Crippen molar-refractivity contribution in [3.05, 3.63) is 78.4 Å². The van der Waals surface area contributed by atoms with Gasteiger partial charge >= 0.3 is 25.8 Å². The van der Waals surface area contributed by atoms with Gasteiger partial charge in [-0.2, -0.15) is 0 Å². The van der Waals surface area contributed by atoms with Gasteiger partial charge in [-0.15, -0.1) is 0 Å². The molecule has 2 aromatic rings. The fraction of sp³-hybridized carbons (Fsp3) is 0.500. The first kappa shape index (κ1) is 33.0. The fourth-order valence-corrected chi connectivity index (χ4v) is 5.98. The Hall–Kier alpha value is -3.89. The van der Waals surface area contributed by atoms with Gasteiger partial charge in [0.25, 0.3) is 5.56 Å². The molecule has 0 spiro atoms. The van der Waals surface area contributed by atoms with Gasteiger partial charge in [0.15, 0.2) is 18.4 Å². The van der Waals surface area contributed by atoms with Gasteiger partial charge < -0.3 is 23.7 Å². The van der Waals surface area contributed by atoms with Crippen LogP contribution in [-0.2, 0) is 41.8 Å². The van der Waals surface area contributed by atoms with Gasteiger partial charge in [-0.05, 0) is 37.1 Å². The third-order valence-electron chi connectivity index (χ3n) is 6.20. The van der Waals surface area contributed by atoms with E-state index in [1.807, 2.05) is 4.98 Å². The Bertz CT molecular complexity index is 1580. The molecule has 238 valence electrons. The lowest BCUT2D eigenvalue weighted by molar-refractivity contribution is -0.131. The average molecular weight is 660 g/mol. The van der Waals surface area contributed by atoms with Gasteiger partial charge in [0.2, 0.25) is 5.72 Å². The van der Waals surface area contributed by atoms with Gasteiger partial charge in [0.05, 0.1) is 32.5 Å². The molecule has 0 aliphatic carbocycles. The summed E-state index contributed by atoms with van der Waals surface area (Å²) in [5.41, 5.74) is 5.80. The highest BCUT2D eigenvalue weighted by Crippen LogP contribution is 2.58. The zero-order valence-electron chi connectivity index (χ0n) is 23.2. The Morgan fingerprint density at radius 1 is 1.20 bits per heavy atom. The first-order valence-corrected chi connectivity index (χ1v) is 14.9. The van der Waals surface area contributed by atoms with Crippen LogP contribution in [-0.4, -0.2) is 66.2 Å². The molecule has 0 amide bonds. The number of H-pyrrole nitrogens is 1. The Labute approximate surface area is 253 Å². The van der Waals surface area contributed by atoms with Crippen LogP contribution in [0.15, 0.2) is 51.2 Å². The van der Waals surface area contributed by atoms with Crippen LogP contribution in [0.5, 0.6) is 0 Å². The number of rotatable bonds is 10. The number of nitrogens with zero attached hydrogens (tertiary/aromatic N) is 4. The van der Waals surface area contributed by atoms with Crippen LogP contribution < -0.4 is 11.2 Å². The van der Waals surface area contributed by atoms with E-state index in [4.69, 9.17) is 48.9 Å². The number of benzene rings is 1. The van der Waals surface area contributed by atoms with Crippen molar-refractivity contribution in [1.29, 1.82) is 0 Å². The number of hydrogen-bond acceptors (Lipinski definition) is 14. The van der Waals surface area contributed by atoms with Gasteiger partial charge in [-0.3, -0.25) is 27.9 Å². The molecule has 1 aromatic heterocycles. The summed E-state index contributed by atoms with van der Waals surface area (Å²) < 4.78 is 57.2. The van der Waals surface area contributed by atoms with Crippen LogP contribution in [0.4, 0.5) is 9.59 Å². The lowest BCUT2D eigenvalue weighted by Crippen LogP contribution is -2.49. The maximum absolute atomic E-state index is 13.6. The number of aromatic nitrogens is 2. The predicted molar refractivity (Wildman–Crippen MR) is 147 cm³/mol. The second-order valence-electron chi connectivity index (χ2n) is 9.04. The van der Waals surface area contributed by atoms with E-state index in [1.54, 1.807) is 24.3 Å². The molecule has 2 saturated heterocycles. The number of hydrogen-bond donors (Lipinski definition) is 1. The molecule has 1 unspecified atom stereocenters. The number of carbonyl (C=O) groups excluding carboxylic acids is 2. The van der Waals surface area contributed by atoms with E-state index < -0.39 is 68.3 Å². The van der Waals surface area contributed by atoms with E-state index in [2.05, 4.69) is 10.0 Å². The molecule has 44 heavy (non-hydrogen) atoms. The molecule has 1 N–H and O–H groups in total. The Morgan fingerprint density at radius 3 is 2.59 bits per heavy atom. The normalized spacial score (nSPS) is 28.0. The number of azide groups is 1. The van der Waals surface area contributed by atoms with Crippen molar-refractivity contribution in [2.75, 3.05) is 26.4 Å². The largest absolute Gasteiger partial charge is 0.508 e. The minimum atomic E-state index is -4.43. The molecule has 0 bridgehead atoms. The van der Waals surface area contributed by atoms with E-state index in [-0.39, 0.29) is 26.2 Å². The second-order valence-corrected chi connectivity index (χ2v) is 11.1. The van der Waals surface area contributed by atoms with Crippen LogP contribution in [0.2, 0.25) is 5.02 Å². The van der Waals surface area contributed by atoms with Gasteiger partial charge in [-0.25, -0.2) is 18.9 Å². The minimum absolute atomic E-state index is 0.0728. The Morgan fingerprint density at radius 2 is 1.93 bits per heavy atom. The Kier molecular flexibility index (Phi) is 10.7.